The van der Waals surface area contributed by atoms with Crippen molar-refractivity contribution in [3.8, 4) is 0 Å². The molecular weight excluding hydrogens is 222 g/mol. The predicted molar refractivity (Wildman–Crippen MR) is 64.5 cm³/mol. The van der Waals surface area contributed by atoms with Crippen LogP contribution in [0.5, 0.6) is 0 Å². The summed E-state index contributed by atoms with van der Waals surface area (Å²) in [4.78, 5) is 6.89. The van der Waals surface area contributed by atoms with Crippen LogP contribution in [0.2, 0.25) is 5.15 Å². The van der Waals surface area contributed by atoms with Crippen molar-refractivity contribution in [2.75, 3.05) is 20.1 Å². The number of hydrogen-bond donors (Lipinski definition) is 1. The first kappa shape index (κ1) is 10.5. The van der Waals surface area contributed by atoms with Gasteiger partial charge in [0.05, 0.1) is 11.2 Å². The summed E-state index contributed by atoms with van der Waals surface area (Å²) < 4.78 is 0. The van der Waals surface area contributed by atoms with Crippen molar-refractivity contribution in [1.29, 1.82) is 0 Å². The Bertz CT molecular complexity index is 413. The predicted octanol–water partition coefficient (Wildman–Crippen LogP) is 1.76. The van der Waals surface area contributed by atoms with E-state index in [4.69, 9.17) is 11.6 Å². The molecule has 0 radical (unpaired) electrons. The van der Waals surface area contributed by atoms with E-state index in [9.17, 15) is 0 Å². The number of pyridine rings is 1. The quantitative estimate of drug-likeness (QED) is 0.697. The van der Waals surface area contributed by atoms with Gasteiger partial charge in [0.2, 0.25) is 0 Å². The highest BCUT2D eigenvalue weighted by molar-refractivity contribution is 6.29. The number of nitrogens with zero attached hydrogens (tertiary/aromatic N) is 2. The highest BCUT2D eigenvalue weighted by Crippen LogP contribution is 2.43. The van der Waals surface area contributed by atoms with Crippen LogP contribution in [-0.4, -0.2) is 30.0 Å². The van der Waals surface area contributed by atoms with Crippen LogP contribution in [0.4, 0.5) is 0 Å². The van der Waals surface area contributed by atoms with Gasteiger partial charge >= 0.3 is 0 Å². The number of piperidine rings is 1. The van der Waals surface area contributed by atoms with Crippen molar-refractivity contribution in [2.45, 2.75) is 24.9 Å². The van der Waals surface area contributed by atoms with Crippen LogP contribution in [0.1, 0.15) is 24.1 Å². The SMILES string of the molecule is CN1Cc2nc(Cl)ccc2C12CCNCC2. The Balaban J connectivity index is 2.07. The Morgan fingerprint density at radius 2 is 2.12 bits per heavy atom. The maximum Gasteiger partial charge on any atom is 0.129 e. The normalized spacial score (nSPS) is 23.6. The number of halogens is 1. The second-order valence-corrected chi connectivity index (χ2v) is 5.15. The van der Waals surface area contributed by atoms with Crippen LogP contribution in [0, 0.1) is 0 Å². The lowest BCUT2D eigenvalue weighted by molar-refractivity contribution is 0.0964. The van der Waals surface area contributed by atoms with Gasteiger partial charge < -0.3 is 5.32 Å². The lowest BCUT2D eigenvalue weighted by Gasteiger charge is -2.40. The summed E-state index contributed by atoms with van der Waals surface area (Å²) in [5, 5.41) is 4.03. The molecular formula is C12H16ClN3. The van der Waals surface area contributed by atoms with Gasteiger partial charge in [-0.05, 0) is 44.6 Å². The highest BCUT2D eigenvalue weighted by atomic mass is 35.5. The van der Waals surface area contributed by atoms with E-state index >= 15 is 0 Å². The molecule has 0 bridgehead atoms. The highest BCUT2D eigenvalue weighted by Gasteiger charge is 2.44. The van der Waals surface area contributed by atoms with Crippen LogP contribution >= 0.6 is 11.6 Å². The molecule has 1 aromatic heterocycles. The Kier molecular flexibility index (Phi) is 2.42. The number of fused-ring (bicyclic) bond motifs is 2. The molecule has 4 heteroatoms. The van der Waals surface area contributed by atoms with E-state index in [0.29, 0.717) is 5.15 Å². The fourth-order valence-electron chi connectivity index (χ4n) is 3.09. The first-order valence-corrected chi connectivity index (χ1v) is 6.18. The zero-order valence-electron chi connectivity index (χ0n) is 9.46. The number of rotatable bonds is 0. The standard InChI is InChI=1S/C12H16ClN3/c1-16-8-10-9(2-3-11(13)15-10)12(16)4-6-14-7-5-12/h2-3,14H,4-8H2,1H3. The molecule has 3 heterocycles. The van der Waals surface area contributed by atoms with Crippen LogP contribution in [0.15, 0.2) is 12.1 Å². The van der Waals surface area contributed by atoms with Gasteiger partial charge in [-0.1, -0.05) is 17.7 Å². The van der Waals surface area contributed by atoms with Gasteiger partial charge in [-0.15, -0.1) is 0 Å². The summed E-state index contributed by atoms with van der Waals surface area (Å²) in [6.07, 6.45) is 2.33. The third kappa shape index (κ3) is 1.39. The second kappa shape index (κ2) is 3.69. The van der Waals surface area contributed by atoms with E-state index in [1.807, 2.05) is 6.07 Å². The van der Waals surface area contributed by atoms with Gasteiger partial charge in [0, 0.05) is 6.54 Å². The molecule has 1 saturated heterocycles. The molecule has 86 valence electrons. The lowest BCUT2D eigenvalue weighted by atomic mass is 9.82. The minimum absolute atomic E-state index is 0.207. The van der Waals surface area contributed by atoms with Gasteiger partial charge in [-0.3, -0.25) is 4.90 Å². The summed E-state index contributed by atoms with van der Waals surface area (Å²) >= 11 is 5.96. The summed E-state index contributed by atoms with van der Waals surface area (Å²) in [6, 6.07) is 4.09. The number of nitrogens with one attached hydrogen (secondary N) is 1. The van der Waals surface area contributed by atoms with Gasteiger partial charge in [0.1, 0.15) is 5.15 Å². The molecule has 0 aliphatic carbocycles. The van der Waals surface area contributed by atoms with Gasteiger partial charge in [-0.2, -0.15) is 0 Å². The zero-order valence-corrected chi connectivity index (χ0v) is 10.2. The molecule has 0 aromatic carbocycles. The third-order valence-corrected chi connectivity index (χ3v) is 4.20. The maximum absolute atomic E-state index is 5.96. The fraction of sp³-hybridized carbons (Fsp3) is 0.583. The molecule has 3 nitrogen and oxygen atoms in total. The number of hydrogen-bond acceptors (Lipinski definition) is 3. The summed E-state index contributed by atoms with van der Waals surface area (Å²) in [6.45, 7) is 3.11. The average molecular weight is 238 g/mol. The maximum atomic E-state index is 5.96. The Morgan fingerprint density at radius 1 is 1.38 bits per heavy atom. The largest absolute Gasteiger partial charge is 0.317 e. The van der Waals surface area contributed by atoms with Crippen molar-refractivity contribution in [3.63, 3.8) is 0 Å². The molecule has 1 fully saturated rings. The van der Waals surface area contributed by atoms with Gasteiger partial charge in [-0.25, -0.2) is 4.98 Å². The fourth-order valence-corrected chi connectivity index (χ4v) is 3.26. The van der Waals surface area contributed by atoms with Crippen molar-refractivity contribution < 1.29 is 0 Å². The van der Waals surface area contributed by atoms with E-state index in [-0.39, 0.29) is 5.54 Å². The van der Waals surface area contributed by atoms with Crippen molar-refractivity contribution in [3.05, 3.63) is 28.5 Å². The molecule has 3 rings (SSSR count). The van der Waals surface area contributed by atoms with E-state index in [1.54, 1.807) is 0 Å². The van der Waals surface area contributed by atoms with Crippen LogP contribution < -0.4 is 5.32 Å². The first-order valence-electron chi connectivity index (χ1n) is 5.80. The molecule has 0 atom stereocenters. The molecule has 2 aliphatic rings. The molecule has 1 spiro atoms. The summed E-state index contributed by atoms with van der Waals surface area (Å²) in [5.41, 5.74) is 2.76. The topological polar surface area (TPSA) is 28.2 Å². The smallest absolute Gasteiger partial charge is 0.129 e. The summed E-state index contributed by atoms with van der Waals surface area (Å²) in [5.74, 6) is 0. The molecule has 1 N–H and O–H groups in total. The first-order chi connectivity index (χ1) is 7.72. The minimum atomic E-state index is 0.207. The van der Waals surface area contributed by atoms with E-state index < -0.39 is 0 Å². The van der Waals surface area contributed by atoms with Crippen LogP contribution in [0.25, 0.3) is 0 Å². The van der Waals surface area contributed by atoms with Crippen molar-refractivity contribution in [2.24, 2.45) is 0 Å². The van der Waals surface area contributed by atoms with Crippen LogP contribution in [0.3, 0.4) is 0 Å². The molecule has 2 aliphatic heterocycles. The Hall–Kier alpha value is -0.640. The molecule has 0 amide bonds. The molecule has 0 unspecified atom stereocenters. The van der Waals surface area contributed by atoms with Crippen molar-refractivity contribution in [1.82, 2.24) is 15.2 Å². The molecule has 16 heavy (non-hydrogen) atoms. The van der Waals surface area contributed by atoms with Crippen LogP contribution in [-0.2, 0) is 12.1 Å². The van der Waals surface area contributed by atoms with Gasteiger partial charge in [0.25, 0.3) is 0 Å². The van der Waals surface area contributed by atoms with E-state index in [0.717, 1.165) is 25.3 Å². The Labute approximate surface area is 101 Å². The Morgan fingerprint density at radius 3 is 2.88 bits per heavy atom. The third-order valence-electron chi connectivity index (χ3n) is 3.99. The molecule has 0 saturated carbocycles. The average Bonchev–Trinajstić information content (AvgIpc) is 2.53. The van der Waals surface area contributed by atoms with E-state index in [2.05, 4.69) is 28.3 Å². The molecule has 1 aromatic rings. The minimum Gasteiger partial charge on any atom is -0.317 e. The van der Waals surface area contributed by atoms with Crippen molar-refractivity contribution >= 4 is 11.6 Å². The van der Waals surface area contributed by atoms with Gasteiger partial charge in [0.15, 0.2) is 0 Å². The zero-order chi connectivity index (χ0) is 11.2. The summed E-state index contributed by atoms with van der Waals surface area (Å²) in [7, 11) is 2.20. The monoisotopic (exact) mass is 237 g/mol. The number of aromatic nitrogens is 1. The second-order valence-electron chi connectivity index (χ2n) is 4.77. The lowest BCUT2D eigenvalue weighted by Crippen LogP contribution is -2.46. The van der Waals surface area contributed by atoms with E-state index in [1.165, 1.54) is 18.4 Å².